The molecule has 0 atom stereocenters. The van der Waals surface area contributed by atoms with Crippen molar-refractivity contribution in [1.82, 2.24) is 0 Å². The molecule has 0 heterocycles. The average molecular weight is 268 g/mol. The van der Waals surface area contributed by atoms with Gasteiger partial charge in [0, 0.05) is 0 Å². The molecule has 1 rings (SSSR count). The summed E-state index contributed by atoms with van der Waals surface area (Å²) in [6.45, 7) is 1.94. The summed E-state index contributed by atoms with van der Waals surface area (Å²) < 4.78 is 0. The molecular weight excluding hydrogens is 258 g/mol. The van der Waals surface area contributed by atoms with Gasteiger partial charge in [-0.1, -0.05) is 12.1 Å². The molecule has 0 aliphatic carbocycles. The molecule has 0 aliphatic heterocycles. The summed E-state index contributed by atoms with van der Waals surface area (Å²) in [5.41, 5.74) is 1.09. The van der Waals surface area contributed by atoms with E-state index in [9.17, 15) is 0 Å². The number of aryl methyl sites for hydroxylation is 1. The number of aromatic hydroxyl groups is 1. The van der Waals surface area contributed by atoms with E-state index in [2.05, 4.69) is 28.4 Å². The van der Waals surface area contributed by atoms with E-state index >= 15 is 0 Å². The van der Waals surface area contributed by atoms with Crippen LogP contribution in [0.3, 0.4) is 0 Å². The molecule has 10 heavy (non-hydrogen) atoms. The molecule has 0 fully saturated rings. The van der Waals surface area contributed by atoms with E-state index in [1.54, 1.807) is 12.1 Å². The zero-order valence-corrected chi connectivity index (χ0v) is 9.40. The van der Waals surface area contributed by atoms with E-state index in [0.29, 0.717) is 5.75 Å². The fraction of sp³-hybridized carbons (Fsp3) is 0.143. The van der Waals surface area contributed by atoms with Crippen molar-refractivity contribution in [3.8, 4) is 5.75 Å². The van der Waals surface area contributed by atoms with Crippen molar-refractivity contribution < 1.29 is 5.11 Å². The summed E-state index contributed by atoms with van der Waals surface area (Å²) >= 11 is 4.50. The number of phenolic OH excluding ortho intramolecular Hbond substituents is 1. The minimum atomic E-state index is 0.338. The van der Waals surface area contributed by atoms with Gasteiger partial charge in [0.2, 0.25) is 0 Å². The van der Waals surface area contributed by atoms with Crippen molar-refractivity contribution >= 4 is 28.4 Å². The first kappa shape index (κ1) is 10.1. The van der Waals surface area contributed by atoms with Crippen LogP contribution in [0, 0.1) is 6.92 Å². The molecule has 0 radical (unpaired) electrons. The predicted molar refractivity (Wildman–Crippen MR) is 47.1 cm³/mol. The summed E-state index contributed by atoms with van der Waals surface area (Å²) in [4.78, 5) is 0. The Bertz CT molecular complexity index is 171. The molecule has 0 saturated heterocycles. The SMILES string of the molecule is Cc1cccc(O)c1.[SeH][SeH]. The minimum absolute atomic E-state index is 0.338. The zero-order chi connectivity index (χ0) is 7.98. The van der Waals surface area contributed by atoms with Crippen LogP contribution >= 0.6 is 0 Å². The van der Waals surface area contributed by atoms with Gasteiger partial charge in [-0.3, -0.25) is 0 Å². The fourth-order valence-corrected chi connectivity index (χ4v) is 0.628. The van der Waals surface area contributed by atoms with Crippen molar-refractivity contribution in [3.05, 3.63) is 29.8 Å². The van der Waals surface area contributed by atoms with Gasteiger partial charge in [0.25, 0.3) is 0 Å². The van der Waals surface area contributed by atoms with Gasteiger partial charge in [-0.15, -0.1) is 0 Å². The summed E-state index contributed by atoms with van der Waals surface area (Å²) in [7, 11) is 0. The number of hydrogen-bond donors (Lipinski definition) is 1. The van der Waals surface area contributed by atoms with Crippen LogP contribution in [0.4, 0.5) is 0 Å². The monoisotopic (exact) mass is 270 g/mol. The van der Waals surface area contributed by atoms with Gasteiger partial charge in [-0.2, -0.15) is 0 Å². The van der Waals surface area contributed by atoms with Crippen LogP contribution in [-0.2, 0) is 0 Å². The van der Waals surface area contributed by atoms with Gasteiger partial charge in [0.05, 0.1) is 0 Å². The van der Waals surface area contributed by atoms with Crippen molar-refractivity contribution in [2.24, 2.45) is 0 Å². The first-order chi connectivity index (χ1) is 4.79. The van der Waals surface area contributed by atoms with Crippen LogP contribution in [0.5, 0.6) is 5.75 Å². The van der Waals surface area contributed by atoms with E-state index in [-0.39, 0.29) is 0 Å². The average Bonchev–Trinajstić information content (AvgIpc) is 1.91. The molecule has 1 aromatic rings. The number of hydrogen-bond acceptors (Lipinski definition) is 1. The predicted octanol–water partition coefficient (Wildman–Crippen LogP) is 0.404. The maximum absolute atomic E-state index is 8.81. The molecule has 0 saturated carbocycles. The molecule has 1 nitrogen and oxygen atoms in total. The van der Waals surface area contributed by atoms with Gasteiger partial charge in [-0.05, 0) is 24.6 Å². The second kappa shape index (κ2) is 5.81. The van der Waals surface area contributed by atoms with Crippen LogP contribution in [0.25, 0.3) is 0 Å². The number of phenols is 1. The van der Waals surface area contributed by atoms with E-state index in [1.807, 2.05) is 19.1 Å². The molecule has 3 heteroatoms. The Morgan fingerprint density at radius 3 is 2.20 bits per heavy atom. The summed E-state index contributed by atoms with van der Waals surface area (Å²) in [6.07, 6.45) is 0. The Kier molecular flexibility index (Phi) is 5.85. The normalized spacial score (nSPS) is 7.90. The third-order valence-electron chi connectivity index (χ3n) is 1.00. The molecular formula is C7H10OSe2. The first-order valence-electron chi connectivity index (χ1n) is 2.74. The second-order valence-electron chi connectivity index (χ2n) is 1.84. The summed E-state index contributed by atoms with van der Waals surface area (Å²) in [5.74, 6) is 0.338. The summed E-state index contributed by atoms with van der Waals surface area (Å²) in [5, 5.41) is 8.81. The van der Waals surface area contributed by atoms with Crippen LogP contribution < -0.4 is 0 Å². The molecule has 0 aromatic heterocycles. The molecule has 0 bridgehead atoms. The van der Waals surface area contributed by atoms with Crippen LogP contribution in [0.1, 0.15) is 5.56 Å². The zero-order valence-electron chi connectivity index (χ0n) is 5.65. The van der Waals surface area contributed by atoms with Crippen LogP contribution in [0.15, 0.2) is 24.3 Å². The Morgan fingerprint density at radius 1 is 1.30 bits per heavy atom. The summed E-state index contributed by atoms with van der Waals surface area (Å²) in [6, 6.07) is 7.15. The van der Waals surface area contributed by atoms with Crippen molar-refractivity contribution in [2.75, 3.05) is 0 Å². The van der Waals surface area contributed by atoms with E-state index in [1.165, 1.54) is 0 Å². The van der Waals surface area contributed by atoms with Crippen LogP contribution in [-0.4, -0.2) is 33.5 Å². The first-order valence-corrected chi connectivity index (χ1v) is 7.94. The third kappa shape index (κ3) is 3.97. The molecule has 1 N–H and O–H groups in total. The van der Waals surface area contributed by atoms with Crippen molar-refractivity contribution in [3.63, 3.8) is 0 Å². The number of rotatable bonds is 0. The van der Waals surface area contributed by atoms with Gasteiger partial charge < -0.3 is 5.11 Å². The third-order valence-corrected chi connectivity index (χ3v) is 1.00. The Labute approximate surface area is 76.0 Å². The van der Waals surface area contributed by atoms with Crippen molar-refractivity contribution in [2.45, 2.75) is 6.92 Å². The van der Waals surface area contributed by atoms with Gasteiger partial charge in [0.1, 0.15) is 5.75 Å². The molecule has 0 amide bonds. The van der Waals surface area contributed by atoms with E-state index in [4.69, 9.17) is 5.11 Å². The second-order valence-corrected chi connectivity index (χ2v) is 1.84. The standard InChI is InChI=1S/C7H8O.H2Se2/c1-6-3-2-4-7(8)5-6;1-2/h2-5,8H,1H3;1-2H. The van der Waals surface area contributed by atoms with Gasteiger partial charge in [0.15, 0.2) is 0 Å². The maximum atomic E-state index is 8.81. The van der Waals surface area contributed by atoms with E-state index < -0.39 is 0 Å². The Hall–Kier alpha value is 0.0590. The molecule has 56 valence electrons. The molecule has 0 spiro atoms. The topological polar surface area (TPSA) is 20.2 Å². The van der Waals surface area contributed by atoms with Gasteiger partial charge in [-0.25, -0.2) is 0 Å². The molecule has 1 aromatic carbocycles. The van der Waals surface area contributed by atoms with Crippen molar-refractivity contribution in [1.29, 1.82) is 0 Å². The molecule has 0 unspecified atom stereocenters. The fourth-order valence-electron chi connectivity index (χ4n) is 0.628. The quantitative estimate of drug-likeness (QED) is 0.675. The van der Waals surface area contributed by atoms with Crippen LogP contribution in [0.2, 0.25) is 0 Å². The Morgan fingerprint density at radius 2 is 1.90 bits per heavy atom. The van der Waals surface area contributed by atoms with E-state index in [0.717, 1.165) is 5.56 Å². The number of benzene rings is 1. The van der Waals surface area contributed by atoms with Gasteiger partial charge >= 0.3 is 28.4 Å². The molecule has 0 aliphatic rings. The Balaban J connectivity index is 0.000000371.